The first-order valence-corrected chi connectivity index (χ1v) is 9.42. The molecule has 1 saturated heterocycles. The molecule has 1 saturated carbocycles. The molecule has 1 N–H and O–H groups in total. The fourth-order valence-electron chi connectivity index (χ4n) is 3.39. The van der Waals surface area contributed by atoms with Crippen molar-refractivity contribution in [2.45, 2.75) is 57.1 Å². The van der Waals surface area contributed by atoms with Crippen LogP contribution in [0.2, 0.25) is 0 Å². The lowest BCUT2D eigenvalue weighted by atomic mass is 9.84. The Labute approximate surface area is 117 Å². The Morgan fingerprint density at radius 3 is 2.47 bits per heavy atom. The van der Waals surface area contributed by atoms with Crippen LogP contribution in [0.3, 0.4) is 0 Å². The van der Waals surface area contributed by atoms with Gasteiger partial charge in [0.2, 0.25) is 0 Å². The summed E-state index contributed by atoms with van der Waals surface area (Å²) in [5, 5.41) is 3.23. The minimum absolute atomic E-state index is 0.0612. The smallest absolute Gasteiger partial charge is 0.154 e. The molecule has 0 aromatic rings. The van der Waals surface area contributed by atoms with Crippen LogP contribution < -0.4 is 5.32 Å². The van der Waals surface area contributed by atoms with Crippen LogP contribution in [-0.2, 0) is 14.6 Å². The number of rotatable bonds is 6. The van der Waals surface area contributed by atoms with Gasteiger partial charge in [0.15, 0.2) is 9.84 Å². The lowest BCUT2D eigenvalue weighted by Crippen LogP contribution is -2.42. The van der Waals surface area contributed by atoms with Crippen LogP contribution in [0.5, 0.6) is 0 Å². The summed E-state index contributed by atoms with van der Waals surface area (Å²) in [4.78, 5) is 0. The number of sulfone groups is 1. The third-order valence-electron chi connectivity index (χ3n) is 4.49. The molecule has 2 fully saturated rings. The fraction of sp³-hybridized carbons (Fsp3) is 1.00. The third kappa shape index (κ3) is 4.72. The lowest BCUT2D eigenvalue weighted by molar-refractivity contribution is 0.127. The molecule has 0 aromatic carbocycles. The molecular weight excluding hydrogens is 262 g/mol. The summed E-state index contributed by atoms with van der Waals surface area (Å²) in [5.74, 6) is 1.00. The number of hydrogen-bond donors (Lipinski definition) is 1. The van der Waals surface area contributed by atoms with Crippen molar-refractivity contribution in [3.05, 3.63) is 0 Å². The van der Waals surface area contributed by atoms with Gasteiger partial charge < -0.3 is 10.1 Å². The van der Waals surface area contributed by atoms with Crippen LogP contribution in [0.4, 0.5) is 0 Å². The van der Waals surface area contributed by atoms with Crippen molar-refractivity contribution in [3.63, 3.8) is 0 Å². The largest absolute Gasteiger partial charge is 0.377 e. The summed E-state index contributed by atoms with van der Waals surface area (Å²) < 4.78 is 30.0. The number of ether oxygens (including phenoxy) is 1. The van der Waals surface area contributed by atoms with E-state index in [4.69, 9.17) is 4.74 Å². The summed E-state index contributed by atoms with van der Waals surface area (Å²) >= 11 is 0. The molecule has 2 atom stereocenters. The topological polar surface area (TPSA) is 55.4 Å². The Hall–Kier alpha value is -0.130. The second-order valence-electron chi connectivity index (χ2n) is 6.01. The minimum atomic E-state index is -3.01. The zero-order chi connectivity index (χ0) is 13.7. The Morgan fingerprint density at radius 1 is 1.16 bits per heavy atom. The van der Waals surface area contributed by atoms with E-state index in [9.17, 15) is 8.42 Å². The standard InChI is InChI=1S/C14H27NO3S/c1-15-14(12-6-3-2-4-7-12)11-19(16,17)10-13-8-5-9-18-13/h12-15H,2-11H2,1H3. The highest BCUT2D eigenvalue weighted by Gasteiger charge is 2.30. The first-order chi connectivity index (χ1) is 9.11. The van der Waals surface area contributed by atoms with Crippen molar-refractivity contribution in [3.8, 4) is 0 Å². The second-order valence-corrected chi connectivity index (χ2v) is 8.16. The van der Waals surface area contributed by atoms with E-state index in [-0.39, 0.29) is 23.7 Å². The van der Waals surface area contributed by atoms with E-state index in [0.29, 0.717) is 5.92 Å². The van der Waals surface area contributed by atoms with Gasteiger partial charge in [-0.05, 0) is 38.6 Å². The fourth-order valence-corrected chi connectivity index (χ4v) is 5.34. The maximum atomic E-state index is 12.3. The predicted octanol–water partition coefficient (Wildman–Crippen LogP) is 1.75. The lowest BCUT2D eigenvalue weighted by Gasteiger charge is -2.30. The van der Waals surface area contributed by atoms with Crippen molar-refractivity contribution in [2.24, 2.45) is 5.92 Å². The predicted molar refractivity (Wildman–Crippen MR) is 77.1 cm³/mol. The molecule has 2 unspecified atom stereocenters. The number of nitrogens with one attached hydrogen (secondary N) is 1. The first kappa shape index (κ1) is 15.3. The molecule has 0 bridgehead atoms. The van der Waals surface area contributed by atoms with Gasteiger partial charge in [0.25, 0.3) is 0 Å². The molecule has 0 radical (unpaired) electrons. The van der Waals surface area contributed by atoms with Crippen LogP contribution in [0.25, 0.3) is 0 Å². The maximum absolute atomic E-state index is 12.3. The average Bonchev–Trinajstić information content (AvgIpc) is 2.89. The van der Waals surface area contributed by atoms with Gasteiger partial charge in [-0.3, -0.25) is 0 Å². The van der Waals surface area contributed by atoms with Crippen LogP contribution in [0.15, 0.2) is 0 Å². The van der Waals surface area contributed by atoms with E-state index >= 15 is 0 Å². The van der Waals surface area contributed by atoms with Crippen molar-refractivity contribution in [2.75, 3.05) is 25.2 Å². The highest BCUT2D eigenvalue weighted by molar-refractivity contribution is 7.91. The van der Waals surface area contributed by atoms with Gasteiger partial charge in [-0.25, -0.2) is 8.42 Å². The van der Waals surface area contributed by atoms with E-state index in [0.717, 1.165) is 19.4 Å². The van der Waals surface area contributed by atoms with Crippen molar-refractivity contribution < 1.29 is 13.2 Å². The Kier molecular flexibility index (Phi) is 5.66. The van der Waals surface area contributed by atoms with Crippen LogP contribution in [0.1, 0.15) is 44.9 Å². The van der Waals surface area contributed by atoms with Gasteiger partial charge in [-0.2, -0.15) is 0 Å². The molecular formula is C14H27NO3S. The SMILES string of the molecule is CNC(CS(=O)(=O)CC1CCCO1)C1CCCCC1. The average molecular weight is 289 g/mol. The van der Waals surface area contributed by atoms with Crippen molar-refractivity contribution >= 4 is 9.84 Å². The Morgan fingerprint density at radius 2 is 1.89 bits per heavy atom. The van der Waals surface area contributed by atoms with Crippen molar-refractivity contribution in [1.29, 1.82) is 0 Å². The highest BCUT2D eigenvalue weighted by Crippen LogP contribution is 2.27. The van der Waals surface area contributed by atoms with Gasteiger partial charge >= 0.3 is 0 Å². The van der Waals surface area contributed by atoms with E-state index in [1.54, 1.807) is 0 Å². The second kappa shape index (κ2) is 7.04. The molecule has 0 aromatic heterocycles. The van der Waals surface area contributed by atoms with Crippen molar-refractivity contribution in [1.82, 2.24) is 5.32 Å². The zero-order valence-corrected chi connectivity index (χ0v) is 12.8. The van der Waals surface area contributed by atoms with Crippen LogP contribution in [0, 0.1) is 5.92 Å². The van der Waals surface area contributed by atoms with E-state index in [1.165, 1.54) is 32.1 Å². The molecule has 19 heavy (non-hydrogen) atoms. The van der Waals surface area contributed by atoms with Gasteiger partial charge in [0.1, 0.15) is 0 Å². The first-order valence-electron chi connectivity index (χ1n) is 7.60. The number of hydrogen-bond acceptors (Lipinski definition) is 4. The van der Waals surface area contributed by atoms with Crippen LogP contribution in [-0.4, -0.2) is 45.7 Å². The molecule has 0 spiro atoms. The summed E-state index contributed by atoms with van der Waals surface area (Å²) in [6, 6.07) is 0.117. The minimum Gasteiger partial charge on any atom is -0.377 e. The third-order valence-corrected chi connectivity index (χ3v) is 6.23. The van der Waals surface area contributed by atoms with Gasteiger partial charge in [0, 0.05) is 12.6 Å². The molecule has 2 aliphatic rings. The monoisotopic (exact) mass is 289 g/mol. The molecule has 2 rings (SSSR count). The Balaban J connectivity index is 1.88. The van der Waals surface area contributed by atoms with Crippen LogP contribution >= 0.6 is 0 Å². The van der Waals surface area contributed by atoms with E-state index in [2.05, 4.69) is 5.32 Å². The zero-order valence-electron chi connectivity index (χ0n) is 11.9. The Bertz CT molecular complexity index is 357. The van der Waals surface area contributed by atoms with Gasteiger partial charge in [-0.15, -0.1) is 0 Å². The maximum Gasteiger partial charge on any atom is 0.154 e. The summed E-state index contributed by atoms with van der Waals surface area (Å²) in [6.07, 6.45) is 7.96. The normalized spacial score (nSPS) is 27.5. The summed E-state index contributed by atoms with van der Waals surface area (Å²) in [6.45, 7) is 0.721. The molecule has 4 nitrogen and oxygen atoms in total. The quantitative estimate of drug-likeness (QED) is 0.809. The molecule has 1 heterocycles. The molecule has 1 aliphatic heterocycles. The molecule has 0 amide bonds. The van der Waals surface area contributed by atoms with Gasteiger partial charge in [0.05, 0.1) is 17.6 Å². The van der Waals surface area contributed by atoms with E-state index in [1.807, 2.05) is 7.05 Å². The molecule has 112 valence electrons. The van der Waals surface area contributed by atoms with Gasteiger partial charge in [-0.1, -0.05) is 19.3 Å². The van der Waals surface area contributed by atoms with E-state index < -0.39 is 9.84 Å². The summed E-state index contributed by atoms with van der Waals surface area (Å²) in [7, 11) is -1.12. The summed E-state index contributed by atoms with van der Waals surface area (Å²) in [5.41, 5.74) is 0. The molecule has 5 heteroatoms. The molecule has 1 aliphatic carbocycles. The highest BCUT2D eigenvalue weighted by atomic mass is 32.2.